The van der Waals surface area contributed by atoms with E-state index < -0.39 is 10.0 Å². The smallest absolute Gasteiger partial charge is 0.225 e. The van der Waals surface area contributed by atoms with E-state index in [9.17, 15) is 12.8 Å². The zero-order valence-corrected chi connectivity index (χ0v) is 14.6. The summed E-state index contributed by atoms with van der Waals surface area (Å²) < 4.78 is 40.3. The minimum absolute atomic E-state index is 0.109. The molecule has 1 aliphatic rings. The second-order valence-corrected chi connectivity index (χ2v) is 8.37. The van der Waals surface area contributed by atoms with Gasteiger partial charge in [0.15, 0.2) is 5.82 Å². The van der Waals surface area contributed by atoms with Crippen LogP contribution < -0.4 is 5.14 Å². The lowest BCUT2D eigenvalue weighted by atomic mass is 10.1. The van der Waals surface area contributed by atoms with Crippen LogP contribution in [0.5, 0.6) is 0 Å². The van der Waals surface area contributed by atoms with E-state index in [0.717, 1.165) is 17.0 Å². The Hall–Kier alpha value is -2.16. The van der Waals surface area contributed by atoms with E-state index in [1.807, 2.05) is 0 Å². The van der Waals surface area contributed by atoms with Crippen molar-refractivity contribution in [1.82, 2.24) is 9.36 Å². The highest BCUT2D eigenvalue weighted by molar-refractivity contribution is 7.89. The van der Waals surface area contributed by atoms with E-state index in [4.69, 9.17) is 5.14 Å². The number of nitrogens with two attached hydrogens (primary N) is 1. The molecule has 1 aliphatic carbocycles. The third-order valence-electron chi connectivity index (χ3n) is 4.27. The molecule has 128 valence electrons. The van der Waals surface area contributed by atoms with Crippen LogP contribution in [0, 0.1) is 5.82 Å². The number of primary sulfonamides is 1. The van der Waals surface area contributed by atoms with E-state index in [2.05, 4.69) is 9.36 Å². The van der Waals surface area contributed by atoms with Crippen LogP contribution in [0.1, 0.15) is 28.8 Å². The number of halogens is 1. The van der Waals surface area contributed by atoms with Crippen LogP contribution in [0.3, 0.4) is 0 Å². The summed E-state index contributed by atoms with van der Waals surface area (Å²) in [5.41, 5.74) is 1.72. The fraction of sp³-hybridized carbons (Fsp3) is 0.176. The molecule has 25 heavy (non-hydrogen) atoms. The van der Waals surface area contributed by atoms with Crippen LogP contribution >= 0.6 is 11.5 Å². The molecule has 0 radical (unpaired) electrons. The Morgan fingerprint density at radius 3 is 2.56 bits per heavy atom. The van der Waals surface area contributed by atoms with Crippen LogP contribution in [0.2, 0.25) is 0 Å². The minimum atomic E-state index is -3.67. The zero-order chi connectivity index (χ0) is 17.6. The van der Waals surface area contributed by atoms with Crippen molar-refractivity contribution in [3.05, 3.63) is 64.9 Å². The van der Waals surface area contributed by atoms with Crippen molar-refractivity contribution in [2.45, 2.75) is 23.2 Å². The molecular formula is C17H14FN3O2S2. The molecule has 2 atom stereocenters. The number of aromatic nitrogens is 2. The standard InChI is InChI=1S/C17H14FN3O2S2/c18-12-3-1-2-11(8-12)16-20-17(24-21-16)15-9-14(15)10-4-6-13(7-5-10)25(19,22)23/h1-8,14-15H,9H2,(H2,19,22,23)/t14-,15+/m0/s1. The van der Waals surface area contributed by atoms with Crippen molar-refractivity contribution in [3.8, 4) is 11.4 Å². The summed E-state index contributed by atoms with van der Waals surface area (Å²) in [5.74, 6) is 0.783. The molecule has 2 aromatic carbocycles. The maximum Gasteiger partial charge on any atom is 0.238 e. The topological polar surface area (TPSA) is 85.9 Å². The van der Waals surface area contributed by atoms with Crippen molar-refractivity contribution in [3.63, 3.8) is 0 Å². The van der Waals surface area contributed by atoms with Crippen LogP contribution in [-0.4, -0.2) is 17.8 Å². The molecule has 2 N–H and O–H groups in total. The molecule has 0 unspecified atom stereocenters. The first-order chi connectivity index (χ1) is 11.9. The first-order valence-electron chi connectivity index (χ1n) is 7.64. The van der Waals surface area contributed by atoms with Gasteiger partial charge in [-0.05, 0) is 53.7 Å². The van der Waals surface area contributed by atoms with Gasteiger partial charge in [-0.2, -0.15) is 4.37 Å². The molecular weight excluding hydrogens is 361 g/mol. The van der Waals surface area contributed by atoms with Gasteiger partial charge in [0.1, 0.15) is 10.8 Å². The Bertz CT molecular complexity index is 1030. The molecule has 1 aromatic heterocycles. The molecule has 1 saturated carbocycles. The van der Waals surface area contributed by atoms with Gasteiger partial charge in [-0.1, -0.05) is 24.3 Å². The highest BCUT2D eigenvalue weighted by Crippen LogP contribution is 2.55. The van der Waals surface area contributed by atoms with Gasteiger partial charge in [-0.25, -0.2) is 22.9 Å². The number of hydrogen-bond acceptors (Lipinski definition) is 5. The summed E-state index contributed by atoms with van der Waals surface area (Å²) in [6.45, 7) is 0. The van der Waals surface area contributed by atoms with E-state index in [0.29, 0.717) is 17.3 Å². The van der Waals surface area contributed by atoms with Crippen molar-refractivity contribution in [2.75, 3.05) is 0 Å². The largest absolute Gasteiger partial charge is 0.238 e. The monoisotopic (exact) mass is 375 g/mol. The third-order valence-corrected chi connectivity index (χ3v) is 6.04. The van der Waals surface area contributed by atoms with E-state index in [1.165, 1.54) is 35.8 Å². The average molecular weight is 375 g/mol. The fourth-order valence-corrected chi connectivity index (χ4v) is 4.24. The van der Waals surface area contributed by atoms with Crippen molar-refractivity contribution in [2.24, 2.45) is 5.14 Å². The molecule has 1 heterocycles. The molecule has 0 saturated heterocycles. The molecule has 0 bridgehead atoms. The maximum atomic E-state index is 13.3. The lowest BCUT2D eigenvalue weighted by Gasteiger charge is -2.01. The minimum Gasteiger partial charge on any atom is -0.225 e. The van der Waals surface area contributed by atoms with Crippen LogP contribution in [0.25, 0.3) is 11.4 Å². The SMILES string of the molecule is NS(=O)(=O)c1ccc([C@@H]2C[C@H]2c2nc(-c3cccc(F)c3)ns2)cc1. The number of rotatable bonds is 4. The van der Waals surface area contributed by atoms with Crippen LogP contribution in [-0.2, 0) is 10.0 Å². The molecule has 0 amide bonds. The quantitative estimate of drug-likeness (QED) is 0.758. The number of benzene rings is 2. The Balaban J connectivity index is 1.52. The number of hydrogen-bond donors (Lipinski definition) is 1. The molecule has 8 heteroatoms. The molecule has 5 nitrogen and oxygen atoms in total. The first kappa shape index (κ1) is 16.3. The summed E-state index contributed by atoms with van der Waals surface area (Å²) in [5, 5.41) is 6.03. The lowest BCUT2D eigenvalue weighted by molar-refractivity contribution is 0.597. The summed E-state index contributed by atoms with van der Waals surface area (Å²) in [7, 11) is -3.67. The van der Waals surface area contributed by atoms with E-state index in [1.54, 1.807) is 24.3 Å². The number of sulfonamides is 1. The van der Waals surface area contributed by atoms with Gasteiger partial charge in [0.2, 0.25) is 10.0 Å². The van der Waals surface area contributed by atoms with Gasteiger partial charge >= 0.3 is 0 Å². The number of nitrogens with zero attached hydrogens (tertiary/aromatic N) is 2. The van der Waals surface area contributed by atoms with Crippen molar-refractivity contribution in [1.29, 1.82) is 0 Å². The van der Waals surface area contributed by atoms with Gasteiger partial charge < -0.3 is 0 Å². The Morgan fingerprint density at radius 2 is 1.88 bits per heavy atom. The normalized spacial score (nSPS) is 19.8. The van der Waals surface area contributed by atoms with E-state index >= 15 is 0 Å². The van der Waals surface area contributed by atoms with Gasteiger partial charge in [-0.15, -0.1) is 0 Å². The zero-order valence-electron chi connectivity index (χ0n) is 13.0. The van der Waals surface area contributed by atoms with Gasteiger partial charge in [0.25, 0.3) is 0 Å². The Kier molecular flexibility index (Phi) is 3.90. The average Bonchev–Trinajstić information content (AvgIpc) is 3.22. The maximum absolute atomic E-state index is 13.3. The predicted molar refractivity (Wildman–Crippen MR) is 93.2 cm³/mol. The molecule has 1 fully saturated rings. The second-order valence-electron chi connectivity index (χ2n) is 6.03. The summed E-state index contributed by atoms with van der Waals surface area (Å²) >= 11 is 1.33. The summed E-state index contributed by atoms with van der Waals surface area (Å²) in [6, 6.07) is 12.9. The summed E-state index contributed by atoms with van der Waals surface area (Å²) in [4.78, 5) is 4.65. The van der Waals surface area contributed by atoms with Gasteiger partial charge in [0, 0.05) is 11.5 Å². The van der Waals surface area contributed by atoms with Crippen LogP contribution in [0.4, 0.5) is 4.39 Å². The highest BCUT2D eigenvalue weighted by atomic mass is 32.2. The van der Waals surface area contributed by atoms with Gasteiger partial charge in [-0.3, -0.25) is 0 Å². The summed E-state index contributed by atoms with van der Waals surface area (Å²) in [6.07, 6.45) is 0.937. The molecule has 3 aromatic rings. The predicted octanol–water partition coefficient (Wildman–Crippen LogP) is 3.26. The Morgan fingerprint density at radius 1 is 1.12 bits per heavy atom. The molecule has 0 aliphatic heterocycles. The lowest BCUT2D eigenvalue weighted by Crippen LogP contribution is -2.11. The second kappa shape index (κ2) is 5.98. The van der Waals surface area contributed by atoms with E-state index in [-0.39, 0.29) is 16.6 Å². The fourth-order valence-electron chi connectivity index (χ4n) is 2.87. The Labute approximate surface area is 148 Å². The van der Waals surface area contributed by atoms with Crippen molar-refractivity contribution >= 4 is 21.6 Å². The van der Waals surface area contributed by atoms with Crippen LogP contribution in [0.15, 0.2) is 53.4 Å². The van der Waals surface area contributed by atoms with Gasteiger partial charge in [0.05, 0.1) is 4.90 Å². The molecule has 4 rings (SSSR count). The van der Waals surface area contributed by atoms with Crippen molar-refractivity contribution < 1.29 is 12.8 Å². The molecule has 0 spiro atoms. The first-order valence-corrected chi connectivity index (χ1v) is 9.96. The third kappa shape index (κ3) is 3.33. The highest BCUT2D eigenvalue weighted by Gasteiger charge is 2.42.